The number of aryl methyl sites for hydroxylation is 1. The van der Waals surface area contributed by atoms with Crippen molar-refractivity contribution in [1.82, 2.24) is 14.9 Å². The van der Waals surface area contributed by atoms with Gasteiger partial charge in [-0.15, -0.1) is 12.8 Å². The number of rotatable bonds is 15. The average Bonchev–Trinajstić information content (AvgIpc) is 4.01. The fourth-order valence-electron chi connectivity index (χ4n) is 7.20. The number of fused-ring (bicyclic) bond motifs is 2. The number of alkyl halides is 3. The van der Waals surface area contributed by atoms with Crippen LogP contribution in [0.4, 0.5) is 23.2 Å². The lowest BCUT2D eigenvalue weighted by Crippen LogP contribution is -2.40. The molecule has 0 bridgehead atoms. The van der Waals surface area contributed by atoms with Crippen molar-refractivity contribution in [1.29, 1.82) is 0 Å². The standard InChI is InChI=1S/C41H45FN4O10.C2HF3O2/c1-7-14-52-24(4)39(48)54-21-27-17-44-23(3)37(31(27)22-55-40(49)25(5)53-15-8-2)56-41(50)30-19-46(28-11-12-28)34-29(36(30)47)16-32(42)35(38(34)51-6)45-18-26-10-9-13-43-33(26)20-45;3-2(4,5)1(6)7/h1-2,16-17,19,24-26,28,33,43H,9-15,18,20-22H2,3-6H3;(H,6,7). The van der Waals surface area contributed by atoms with Gasteiger partial charge in [-0.1, -0.05) is 11.8 Å². The van der Waals surface area contributed by atoms with Gasteiger partial charge in [-0.05, 0) is 65.0 Å². The Hall–Kier alpha value is -6.22. The molecule has 4 heterocycles. The number of piperidine rings is 1. The maximum absolute atomic E-state index is 16.2. The lowest BCUT2D eigenvalue weighted by atomic mass is 9.94. The molecule has 2 aromatic heterocycles. The summed E-state index contributed by atoms with van der Waals surface area (Å²) in [5, 5.41) is 10.6. The molecule has 3 fully saturated rings. The van der Waals surface area contributed by atoms with Crippen LogP contribution in [0, 0.1) is 43.3 Å². The van der Waals surface area contributed by atoms with Gasteiger partial charge in [0.05, 0.1) is 23.7 Å². The highest BCUT2D eigenvalue weighted by Crippen LogP contribution is 2.45. The lowest BCUT2D eigenvalue weighted by Gasteiger charge is -2.25. The Balaban J connectivity index is 0.000000985. The van der Waals surface area contributed by atoms with E-state index in [-0.39, 0.29) is 76.9 Å². The number of pyridine rings is 2. The molecule has 4 unspecified atom stereocenters. The number of nitrogens with one attached hydrogen (secondary N) is 1. The van der Waals surface area contributed by atoms with Crippen molar-refractivity contribution in [2.75, 3.05) is 44.9 Å². The average molecular weight is 887 g/mol. The Morgan fingerprint density at radius 3 is 2.17 bits per heavy atom. The Bertz CT molecular complexity index is 2360. The summed E-state index contributed by atoms with van der Waals surface area (Å²) in [5.41, 5.74) is 0.127. The molecule has 6 rings (SSSR count). The summed E-state index contributed by atoms with van der Waals surface area (Å²) >= 11 is 0. The fourth-order valence-corrected chi connectivity index (χ4v) is 7.20. The number of nitrogens with zero attached hydrogens (tertiary/aromatic N) is 3. The van der Waals surface area contributed by atoms with Crippen molar-refractivity contribution < 1.29 is 70.3 Å². The Morgan fingerprint density at radius 2 is 1.62 bits per heavy atom. The van der Waals surface area contributed by atoms with Crippen LogP contribution in [0.3, 0.4) is 0 Å². The molecule has 338 valence electrons. The minimum absolute atomic E-state index is 0.0361. The number of hydrogen-bond acceptors (Lipinski definition) is 14. The highest BCUT2D eigenvalue weighted by molar-refractivity contribution is 5.98. The first kappa shape index (κ1) is 47.8. The monoisotopic (exact) mass is 886 g/mol. The number of methoxy groups -OCH3 is 1. The maximum atomic E-state index is 16.2. The molecule has 1 aromatic carbocycles. The zero-order valence-electron chi connectivity index (χ0n) is 34.8. The summed E-state index contributed by atoms with van der Waals surface area (Å²) in [6, 6.07) is 1.33. The number of carboxylic acids is 1. The normalized spacial score (nSPS) is 17.8. The van der Waals surface area contributed by atoms with Crippen LogP contribution in [0.15, 0.2) is 23.3 Å². The van der Waals surface area contributed by atoms with Crippen LogP contribution in [0.1, 0.15) is 72.8 Å². The summed E-state index contributed by atoms with van der Waals surface area (Å²) < 4.78 is 83.0. The van der Waals surface area contributed by atoms with Crippen LogP contribution in [0.5, 0.6) is 11.5 Å². The summed E-state index contributed by atoms with van der Waals surface area (Å²) in [6.45, 7) is 5.54. The number of hydrogen-bond donors (Lipinski definition) is 2. The number of carbonyl (C=O) groups excluding carboxylic acids is 3. The van der Waals surface area contributed by atoms with E-state index in [1.54, 1.807) is 11.5 Å². The van der Waals surface area contributed by atoms with Crippen LogP contribution in [0.25, 0.3) is 10.9 Å². The van der Waals surface area contributed by atoms with Crippen molar-refractivity contribution in [2.45, 2.75) is 90.1 Å². The molecule has 1 aliphatic carbocycles. The van der Waals surface area contributed by atoms with E-state index in [0.29, 0.717) is 24.5 Å². The van der Waals surface area contributed by atoms with Crippen molar-refractivity contribution >= 4 is 40.5 Å². The van der Waals surface area contributed by atoms with E-state index in [2.05, 4.69) is 22.1 Å². The Labute approximate surface area is 359 Å². The number of terminal acetylenes is 2. The van der Waals surface area contributed by atoms with Gasteiger partial charge >= 0.3 is 30.1 Å². The van der Waals surface area contributed by atoms with Crippen LogP contribution < -0.4 is 25.1 Å². The molecule has 2 N–H and O–H groups in total. The molecule has 20 heteroatoms. The Morgan fingerprint density at radius 1 is 1.00 bits per heavy atom. The molecule has 3 aliphatic rings. The van der Waals surface area contributed by atoms with Gasteiger partial charge < -0.3 is 48.3 Å². The third-order valence-corrected chi connectivity index (χ3v) is 10.5. The molecule has 0 spiro atoms. The van der Waals surface area contributed by atoms with Crippen molar-refractivity contribution in [3.05, 3.63) is 56.9 Å². The quantitative estimate of drug-likeness (QED) is 0.124. The van der Waals surface area contributed by atoms with E-state index in [1.807, 2.05) is 4.90 Å². The number of aliphatic carboxylic acids is 1. The van der Waals surface area contributed by atoms with E-state index >= 15 is 4.39 Å². The lowest BCUT2D eigenvalue weighted by molar-refractivity contribution is -0.192. The first-order valence-electron chi connectivity index (χ1n) is 19.8. The first-order chi connectivity index (χ1) is 29.9. The summed E-state index contributed by atoms with van der Waals surface area (Å²) in [4.78, 5) is 68.9. The largest absolute Gasteiger partial charge is 0.492 e. The van der Waals surface area contributed by atoms with Gasteiger partial charge in [0.1, 0.15) is 37.7 Å². The predicted molar refractivity (Wildman–Crippen MR) is 215 cm³/mol. The summed E-state index contributed by atoms with van der Waals surface area (Å²) in [7, 11) is 1.45. The zero-order valence-corrected chi connectivity index (χ0v) is 34.8. The second-order valence-corrected chi connectivity index (χ2v) is 14.9. The maximum Gasteiger partial charge on any atom is 0.490 e. The van der Waals surface area contributed by atoms with Gasteiger partial charge in [0, 0.05) is 48.7 Å². The number of halogens is 4. The molecule has 16 nitrogen and oxygen atoms in total. The van der Waals surface area contributed by atoms with Crippen LogP contribution >= 0.6 is 0 Å². The SMILES string of the molecule is C#CCOC(C)C(=O)OCc1cnc(C)c(OC(=O)c2cn(C3CC3)c3c(OC)c(N4CC5CCCNC5C4)c(F)cc3c2=O)c1COC(=O)C(C)OCC#C.O=C(O)C(F)(F)F. The number of benzene rings is 1. The van der Waals surface area contributed by atoms with Gasteiger partial charge in [-0.3, -0.25) is 9.78 Å². The van der Waals surface area contributed by atoms with Gasteiger partial charge in [-0.25, -0.2) is 23.6 Å². The van der Waals surface area contributed by atoms with Crippen molar-refractivity contribution in [3.8, 4) is 36.2 Å². The number of carboxylic acid groups (broad SMARTS) is 1. The summed E-state index contributed by atoms with van der Waals surface area (Å²) in [5.74, 6) is -0.937. The van der Waals surface area contributed by atoms with Crippen LogP contribution in [-0.2, 0) is 46.5 Å². The minimum atomic E-state index is -5.08. The van der Waals surface area contributed by atoms with E-state index in [4.69, 9.17) is 51.2 Å². The molecule has 3 aromatic rings. The van der Waals surface area contributed by atoms with Crippen LogP contribution in [0.2, 0.25) is 0 Å². The summed E-state index contributed by atoms with van der Waals surface area (Å²) in [6.07, 6.45) is 9.81. The molecular weight excluding hydrogens is 840 g/mol. The predicted octanol–water partition coefficient (Wildman–Crippen LogP) is 4.39. The Kier molecular flexibility index (Phi) is 15.8. The van der Waals surface area contributed by atoms with Gasteiger partial charge in [0.25, 0.3) is 0 Å². The van der Waals surface area contributed by atoms with E-state index in [9.17, 15) is 32.3 Å². The molecule has 1 saturated carbocycles. The first-order valence-corrected chi connectivity index (χ1v) is 19.8. The third kappa shape index (κ3) is 11.4. The second kappa shape index (κ2) is 20.8. The minimum Gasteiger partial charge on any atom is -0.492 e. The number of ether oxygens (including phenoxy) is 6. The van der Waals surface area contributed by atoms with Crippen molar-refractivity contribution in [2.24, 2.45) is 5.92 Å². The van der Waals surface area contributed by atoms with Gasteiger partial charge in [-0.2, -0.15) is 13.2 Å². The third-order valence-electron chi connectivity index (χ3n) is 10.5. The highest BCUT2D eigenvalue weighted by atomic mass is 19.4. The topological polar surface area (TPSA) is 194 Å². The van der Waals surface area contributed by atoms with Gasteiger partial charge in [0.2, 0.25) is 5.43 Å². The highest BCUT2D eigenvalue weighted by Gasteiger charge is 2.39. The molecule has 2 aliphatic heterocycles. The molecule has 4 atom stereocenters. The number of carbonyl (C=O) groups is 4. The number of esters is 3. The van der Waals surface area contributed by atoms with E-state index < -0.39 is 60.1 Å². The fraction of sp³-hybridized carbons (Fsp3) is 0.488. The van der Waals surface area contributed by atoms with Crippen LogP contribution in [-0.4, -0.2) is 103 Å². The van der Waals surface area contributed by atoms with E-state index in [0.717, 1.165) is 32.2 Å². The van der Waals surface area contributed by atoms with Crippen molar-refractivity contribution in [3.63, 3.8) is 0 Å². The van der Waals surface area contributed by atoms with E-state index in [1.165, 1.54) is 39.4 Å². The second-order valence-electron chi connectivity index (χ2n) is 14.9. The zero-order chi connectivity index (χ0) is 46.2. The molecule has 0 amide bonds. The smallest absolute Gasteiger partial charge is 0.490 e. The number of anilines is 1. The molecule has 0 radical (unpaired) electrons. The van der Waals surface area contributed by atoms with Gasteiger partial charge in [0.15, 0.2) is 29.5 Å². The molecule has 63 heavy (non-hydrogen) atoms. The molecule has 2 saturated heterocycles. The number of aromatic nitrogens is 2. The molecular formula is C43H46F4N4O12.